The highest BCUT2D eigenvalue weighted by Gasteiger charge is 2.20. The van der Waals surface area contributed by atoms with Crippen molar-refractivity contribution in [1.82, 2.24) is 10.2 Å². The van der Waals surface area contributed by atoms with Crippen LogP contribution in [0.1, 0.15) is 27.2 Å². The van der Waals surface area contributed by atoms with Crippen molar-refractivity contribution in [2.75, 3.05) is 27.2 Å². The van der Waals surface area contributed by atoms with Crippen molar-refractivity contribution < 1.29 is 4.39 Å². The van der Waals surface area contributed by atoms with Gasteiger partial charge in [-0.3, -0.25) is 4.90 Å². The van der Waals surface area contributed by atoms with Crippen LogP contribution in [0.4, 0.5) is 4.39 Å². The van der Waals surface area contributed by atoms with Gasteiger partial charge in [0.25, 0.3) is 0 Å². The van der Waals surface area contributed by atoms with E-state index in [1.807, 2.05) is 19.0 Å². The first-order valence-electron chi connectivity index (χ1n) is 4.88. The molecule has 0 spiro atoms. The largest absolute Gasteiger partial charge is 0.320 e. The molecule has 0 aliphatic rings. The summed E-state index contributed by atoms with van der Waals surface area (Å²) < 4.78 is 13.3. The quantitative estimate of drug-likeness (QED) is 0.709. The SMILES string of the molecule is CNCC[C@H](F)CN(C)C(C)(C)C. The zero-order valence-electron chi connectivity index (χ0n) is 9.52. The molecule has 0 bridgehead atoms. The molecule has 0 fully saturated rings. The molecule has 0 aromatic rings. The molecule has 0 aliphatic heterocycles. The average Bonchev–Trinajstić information content (AvgIpc) is 1.99. The maximum absolute atomic E-state index is 13.3. The van der Waals surface area contributed by atoms with Gasteiger partial charge in [0.15, 0.2) is 0 Å². The fraction of sp³-hybridized carbons (Fsp3) is 1.00. The zero-order valence-corrected chi connectivity index (χ0v) is 9.52. The second-order valence-electron chi connectivity index (χ2n) is 4.54. The topological polar surface area (TPSA) is 15.3 Å². The third-order valence-corrected chi connectivity index (χ3v) is 2.32. The van der Waals surface area contributed by atoms with Crippen molar-refractivity contribution in [3.05, 3.63) is 0 Å². The number of halogens is 1. The average molecular weight is 190 g/mol. The Labute approximate surface area is 81.5 Å². The van der Waals surface area contributed by atoms with Crippen LogP contribution in [0.15, 0.2) is 0 Å². The van der Waals surface area contributed by atoms with Gasteiger partial charge in [-0.15, -0.1) is 0 Å². The first kappa shape index (κ1) is 12.8. The summed E-state index contributed by atoms with van der Waals surface area (Å²) in [5.41, 5.74) is 0.0595. The number of hydrogen-bond donors (Lipinski definition) is 1. The smallest absolute Gasteiger partial charge is 0.114 e. The van der Waals surface area contributed by atoms with Crippen molar-refractivity contribution >= 4 is 0 Å². The van der Waals surface area contributed by atoms with Gasteiger partial charge in [0, 0.05) is 12.1 Å². The van der Waals surface area contributed by atoms with Gasteiger partial charge in [-0.25, -0.2) is 4.39 Å². The molecule has 1 N–H and O–H groups in total. The van der Waals surface area contributed by atoms with E-state index < -0.39 is 6.17 Å². The van der Waals surface area contributed by atoms with E-state index in [1.54, 1.807) is 0 Å². The van der Waals surface area contributed by atoms with Crippen LogP contribution in [0.3, 0.4) is 0 Å². The molecule has 0 saturated carbocycles. The molecule has 80 valence electrons. The normalized spacial score (nSPS) is 15.0. The van der Waals surface area contributed by atoms with Gasteiger partial charge >= 0.3 is 0 Å². The summed E-state index contributed by atoms with van der Waals surface area (Å²) in [6.45, 7) is 7.55. The van der Waals surface area contributed by atoms with E-state index in [-0.39, 0.29) is 5.54 Å². The molecule has 3 heteroatoms. The minimum absolute atomic E-state index is 0.0595. The molecule has 2 nitrogen and oxygen atoms in total. The van der Waals surface area contributed by atoms with Crippen molar-refractivity contribution in [3.8, 4) is 0 Å². The minimum Gasteiger partial charge on any atom is -0.320 e. The Kier molecular flexibility index (Phi) is 5.49. The van der Waals surface area contributed by atoms with Gasteiger partial charge in [0.05, 0.1) is 0 Å². The first-order chi connectivity index (χ1) is 5.88. The number of hydrogen-bond acceptors (Lipinski definition) is 2. The molecule has 0 rings (SSSR count). The second kappa shape index (κ2) is 5.55. The Bertz CT molecular complexity index is 131. The van der Waals surface area contributed by atoms with Crippen LogP contribution in [-0.2, 0) is 0 Å². The number of rotatable bonds is 5. The number of nitrogens with zero attached hydrogens (tertiary/aromatic N) is 1. The Hall–Kier alpha value is -0.150. The van der Waals surface area contributed by atoms with Gasteiger partial charge < -0.3 is 5.32 Å². The first-order valence-corrected chi connectivity index (χ1v) is 4.88. The summed E-state index contributed by atoms with van der Waals surface area (Å²) in [5, 5.41) is 2.95. The van der Waals surface area contributed by atoms with E-state index in [1.165, 1.54) is 0 Å². The van der Waals surface area contributed by atoms with E-state index in [9.17, 15) is 4.39 Å². The zero-order chi connectivity index (χ0) is 10.5. The fourth-order valence-electron chi connectivity index (χ4n) is 0.963. The van der Waals surface area contributed by atoms with Crippen molar-refractivity contribution in [2.24, 2.45) is 0 Å². The molecule has 13 heavy (non-hydrogen) atoms. The maximum atomic E-state index is 13.3. The van der Waals surface area contributed by atoms with Gasteiger partial charge in [0.1, 0.15) is 6.17 Å². The van der Waals surface area contributed by atoms with Gasteiger partial charge in [-0.2, -0.15) is 0 Å². The van der Waals surface area contributed by atoms with Crippen molar-refractivity contribution in [1.29, 1.82) is 0 Å². The molecular formula is C10H23FN2. The maximum Gasteiger partial charge on any atom is 0.114 e. The van der Waals surface area contributed by atoms with Crippen LogP contribution in [0.2, 0.25) is 0 Å². The van der Waals surface area contributed by atoms with Crippen LogP contribution < -0.4 is 5.32 Å². The van der Waals surface area contributed by atoms with Crippen LogP contribution >= 0.6 is 0 Å². The van der Waals surface area contributed by atoms with Gasteiger partial charge in [0.2, 0.25) is 0 Å². The standard InChI is InChI=1S/C10H23FN2/c1-10(2,3)13(5)8-9(11)6-7-12-4/h9,12H,6-8H2,1-5H3/t9-/m0/s1. The molecule has 0 aromatic heterocycles. The van der Waals surface area contributed by atoms with E-state index in [4.69, 9.17) is 0 Å². The summed E-state index contributed by atoms with van der Waals surface area (Å²) in [6.07, 6.45) is -0.131. The van der Waals surface area contributed by atoms with Crippen LogP contribution in [-0.4, -0.2) is 43.8 Å². The predicted molar refractivity (Wildman–Crippen MR) is 55.8 cm³/mol. The third-order valence-electron chi connectivity index (χ3n) is 2.32. The molecule has 0 unspecified atom stereocenters. The molecular weight excluding hydrogens is 167 g/mol. The predicted octanol–water partition coefficient (Wildman–Crippen LogP) is 1.66. The Morgan fingerprint density at radius 3 is 2.31 bits per heavy atom. The summed E-state index contributed by atoms with van der Waals surface area (Å²) in [4.78, 5) is 2.05. The summed E-state index contributed by atoms with van der Waals surface area (Å²) in [7, 11) is 3.81. The lowest BCUT2D eigenvalue weighted by Gasteiger charge is -2.32. The number of alkyl halides is 1. The molecule has 0 heterocycles. The summed E-state index contributed by atoms with van der Waals surface area (Å²) >= 11 is 0. The minimum atomic E-state index is -0.725. The lowest BCUT2D eigenvalue weighted by atomic mass is 10.1. The molecule has 0 radical (unpaired) electrons. The van der Waals surface area contributed by atoms with Crippen molar-refractivity contribution in [2.45, 2.75) is 38.9 Å². The molecule has 0 saturated heterocycles. The highest BCUT2D eigenvalue weighted by Crippen LogP contribution is 2.12. The van der Waals surface area contributed by atoms with E-state index >= 15 is 0 Å². The Morgan fingerprint density at radius 2 is 1.92 bits per heavy atom. The highest BCUT2D eigenvalue weighted by molar-refractivity contribution is 4.75. The molecule has 0 aliphatic carbocycles. The van der Waals surface area contributed by atoms with E-state index in [0.717, 1.165) is 6.54 Å². The van der Waals surface area contributed by atoms with E-state index in [0.29, 0.717) is 13.0 Å². The fourth-order valence-corrected chi connectivity index (χ4v) is 0.963. The van der Waals surface area contributed by atoms with Crippen LogP contribution in [0.25, 0.3) is 0 Å². The van der Waals surface area contributed by atoms with Crippen LogP contribution in [0.5, 0.6) is 0 Å². The molecule has 1 atom stereocenters. The van der Waals surface area contributed by atoms with Crippen LogP contribution in [0, 0.1) is 0 Å². The highest BCUT2D eigenvalue weighted by atomic mass is 19.1. The van der Waals surface area contributed by atoms with E-state index in [2.05, 4.69) is 26.1 Å². The lowest BCUT2D eigenvalue weighted by molar-refractivity contribution is 0.125. The second-order valence-corrected chi connectivity index (χ2v) is 4.54. The Morgan fingerprint density at radius 1 is 1.38 bits per heavy atom. The summed E-state index contributed by atoms with van der Waals surface area (Å²) in [5.74, 6) is 0. The molecule has 0 amide bonds. The molecule has 0 aromatic carbocycles. The monoisotopic (exact) mass is 190 g/mol. The summed E-state index contributed by atoms with van der Waals surface area (Å²) in [6, 6.07) is 0. The number of nitrogens with one attached hydrogen (secondary N) is 1. The van der Waals surface area contributed by atoms with Gasteiger partial charge in [-0.1, -0.05) is 0 Å². The lowest BCUT2D eigenvalue weighted by Crippen LogP contribution is -2.42. The van der Waals surface area contributed by atoms with Crippen molar-refractivity contribution in [3.63, 3.8) is 0 Å². The Balaban J connectivity index is 3.71. The van der Waals surface area contributed by atoms with Gasteiger partial charge in [-0.05, 0) is 47.8 Å². The third kappa shape index (κ3) is 5.99.